The molecule has 4 rings (SSSR count). The molecule has 1 saturated heterocycles. The van der Waals surface area contributed by atoms with E-state index in [2.05, 4.69) is 34.1 Å². The normalized spacial score (nSPS) is 14.9. The third kappa shape index (κ3) is 4.59. The molecule has 3 aromatic rings. The van der Waals surface area contributed by atoms with Crippen molar-refractivity contribution in [3.05, 3.63) is 53.9 Å². The van der Waals surface area contributed by atoms with Crippen LogP contribution in [0.25, 0.3) is 11.0 Å². The Bertz CT molecular complexity index is 1080. The second-order valence-corrected chi connectivity index (χ2v) is 8.20. The first-order valence-electron chi connectivity index (χ1n) is 10.6. The molecule has 8 nitrogen and oxygen atoms in total. The summed E-state index contributed by atoms with van der Waals surface area (Å²) in [4.78, 5) is 34.0. The molecule has 1 aliphatic rings. The van der Waals surface area contributed by atoms with Gasteiger partial charge in [-0.25, -0.2) is 9.67 Å². The van der Waals surface area contributed by atoms with E-state index < -0.39 is 0 Å². The molecule has 2 aromatic heterocycles. The average molecular weight is 421 g/mol. The van der Waals surface area contributed by atoms with E-state index in [1.807, 2.05) is 52.9 Å². The second kappa shape index (κ2) is 8.85. The summed E-state index contributed by atoms with van der Waals surface area (Å²) in [5.41, 5.74) is 2.93. The molecule has 1 fully saturated rings. The summed E-state index contributed by atoms with van der Waals surface area (Å²) in [5.74, 6) is -0.0591. The maximum absolute atomic E-state index is 13.1. The Morgan fingerprint density at radius 1 is 1.10 bits per heavy atom. The molecule has 8 heteroatoms. The van der Waals surface area contributed by atoms with Crippen molar-refractivity contribution < 1.29 is 9.59 Å². The molecule has 0 radical (unpaired) electrons. The van der Waals surface area contributed by atoms with Crippen molar-refractivity contribution in [1.82, 2.24) is 24.6 Å². The number of aromatic nitrogens is 3. The van der Waals surface area contributed by atoms with Gasteiger partial charge in [-0.05, 0) is 39.0 Å². The number of nitrogens with zero attached hydrogens (tertiary/aromatic N) is 5. The number of carbonyl (C=O) groups excluding carboxylic acids is 2. The summed E-state index contributed by atoms with van der Waals surface area (Å²) < 4.78 is 1.87. The van der Waals surface area contributed by atoms with E-state index >= 15 is 0 Å². The zero-order valence-corrected chi connectivity index (χ0v) is 18.2. The van der Waals surface area contributed by atoms with Crippen LogP contribution in [0.5, 0.6) is 0 Å². The Kier molecular flexibility index (Phi) is 5.99. The number of para-hydroxylation sites is 1. The number of nitrogens with one attached hydrogen (secondary N) is 1. The van der Waals surface area contributed by atoms with E-state index in [0.29, 0.717) is 44.0 Å². The Balaban J connectivity index is 1.37. The quantitative estimate of drug-likeness (QED) is 0.686. The Hall–Kier alpha value is -3.26. The third-order valence-electron chi connectivity index (χ3n) is 5.56. The van der Waals surface area contributed by atoms with Gasteiger partial charge in [-0.1, -0.05) is 18.2 Å². The molecule has 0 aliphatic carbocycles. The number of hydrogen-bond acceptors (Lipinski definition) is 5. The summed E-state index contributed by atoms with van der Waals surface area (Å²) in [6.07, 6.45) is 1.77. The second-order valence-electron chi connectivity index (χ2n) is 8.20. The fourth-order valence-corrected chi connectivity index (χ4v) is 3.86. The van der Waals surface area contributed by atoms with Gasteiger partial charge in [-0.2, -0.15) is 5.10 Å². The minimum Gasteiger partial charge on any atom is -0.336 e. The van der Waals surface area contributed by atoms with Gasteiger partial charge < -0.3 is 10.2 Å². The SMILES string of the molecule is Cc1nc2c(cnn2C(C)C)cc1C(=O)N1CCN(CC(=O)Nc2ccccc2)CC1. The molecular formula is C23H28N6O2. The van der Waals surface area contributed by atoms with Crippen LogP contribution in [0.4, 0.5) is 5.69 Å². The Morgan fingerprint density at radius 2 is 1.81 bits per heavy atom. The van der Waals surface area contributed by atoms with Crippen LogP contribution in [-0.2, 0) is 4.79 Å². The predicted molar refractivity (Wildman–Crippen MR) is 120 cm³/mol. The number of carbonyl (C=O) groups is 2. The van der Waals surface area contributed by atoms with Crippen LogP contribution < -0.4 is 5.32 Å². The van der Waals surface area contributed by atoms with Gasteiger partial charge in [0.05, 0.1) is 24.0 Å². The molecule has 0 saturated carbocycles. The number of aryl methyl sites for hydroxylation is 1. The van der Waals surface area contributed by atoms with Crippen molar-refractivity contribution >= 4 is 28.5 Å². The van der Waals surface area contributed by atoms with E-state index in [0.717, 1.165) is 16.7 Å². The first-order valence-corrected chi connectivity index (χ1v) is 10.6. The van der Waals surface area contributed by atoms with Gasteiger partial charge in [0.1, 0.15) is 0 Å². The topological polar surface area (TPSA) is 83.4 Å². The molecular weight excluding hydrogens is 392 g/mol. The third-order valence-corrected chi connectivity index (χ3v) is 5.56. The van der Waals surface area contributed by atoms with Crippen molar-refractivity contribution in [2.75, 3.05) is 38.0 Å². The lowest BCUT2D eigenvalue weighted by Crippen LogP contribution is -2.50. The largest absolute Gasteiger partial charge is 0.336 e. The molecule has 31 heavy (non-hydrogen) atoms. The zero-order valence-electron chi connectivity index (χ0n) is 18.2. The number of amides is 2. The van der Waals surface area contributed by atoms with Crippen LogP contribution in [-0.4, -0.2) is 69.1 Å². The van der Waals surface area contributed by atoms with Crippen molar-refractivity contribution in [1.29, 1.82) is 0 Å². The molecule has 1 N–H and O–H groups in total. The van der Waals surface area contributed by atoms with Gasteiger partial charge in [0.15, 0.2) is 5.65 Å². The van der Waals surface area contributed by atoms with Crippen LogP contribution in [0.2, 0.25) is 0 Å². The Labute approximate surface area is 181 Å². The van der Waals surface area contributed by atoms with Gasteiger partial charge >= 0.3 is 0 Å². The summed E-state index contributed by atoms with van der Waals surface area (Å²) in [6, 6.07) is 11.5. The zero-order chi connectivity index (χ0) is 22.0. The van der Waals surface area contributed by atoms with Gasteiger partial charge in [0.2, 0.25) is 5.91 Å². The molecule has 3 heterocycles. The fourth-order valence-electron chi connectivity index (χ4n) is 3.86. The maximum Gasteiger partial charge on any atom is 0.255 e. The highest BCUT2D eigenvalue weighted by molar-refractivity contribution is 5.98. The maximum atomic E-state index is 13.1. The Morgan fingerprint density at radius 3 is 2.48 bits per heavy atom. The highest BCUT2D eigenvalue weighted by Gasteiger charge is 2.25. The summed E-state index contributed by atoms with van der Waals surface area (Å²) in [6.45, 7) is 8.79. The molecule has 162 valence electrons. The highest BCUT2D eigenvalue weighted by atomic mass is 16.2. The van der Waals surface area contributed by atoms with Gasteiger partial charge in [-0.3, -0.25) is 14.5 Å². The van der Waals surface area contributed by atoms with Gasteiger partial charge in [-0.15, -0.1) is 0 Å². The van der Waals surface area contributed by atoms with Crippen LogP contribution in [0.3, 0.4) is 0 Å². The minimum absolute atomic E-state index is 0.0161. The van der Waals surface area contributed by atoms with Gasteiger partial charge in [0, 0.05) is 43.3 Å². The molecule has 1 aliphatic heterocycles. The number of piperazine rings is 1. The lowest BCUT2D eigenvalue weighted by molar-refractivity contribution is -0.117. The smallest absolute Gasteiger partial charge is 0.255 e. The lowest BCUT2D eigenvalue weighted by atomic mass is 10.1. The molecule has 0 atom stereocenters. The number of anilines is 1. The van der Waals surface area contributed by atoms with Crippen LogP contribution in [0.1, 0.15) is 35.9 Å². The number of pyridine rings is 1. The average Bonchev–Trinajstić information content (AvgIpc) is 3.17. The van der Waals surface area contributed by atoms with Crippen molar-refractivity contribution in [3.8, 4) is 0 Å². The molecule has 0 bridgehead atoms. The highest BCUT2D eigenvalue weighted by Crippen LogP contribution is 2.21. The molecule has 0 unspecified atom stereocenters. The standard InChI is InChI=1S/C23H28N6O2/c1-16(2)29-22-18(14-24-29)13-20(17(3)25-22)23(31)28-11-9-27(10-12-28)15-21(30)26-19-7-5-4-6-8-19/h4-8,13-14,16H,9-12,15H2,1-3H3,(H,26,30). The monoisotopic (exact) mass is 420 g/mol. The van der Waals surface area contributed by atoms with Crippen molar-refractivity contribution in [2.24, 2.45) is 0 Å². The summed E-state index contributed by atoms with van der Waals surface area (Å²) >= 11 is 0. The van der Waals surface area contributed by atoms with E-state index in [1.165, 1.54) is 0 Å². The summed E-state index contributed by atoms with van der Waals surface area (Å²) in [5, 5.41) is 8.18. The fraction of sp³-hybridized carbons (Fsp3) is 0.391. The number of rotatable bonds is 5. The summed E-state index contributed by atoms with van der Waals surface area (Å²) in [7, 11) is 0. The number of benzene rings is 1. The first kappa shape index (κ1) is 21.0. The van der Waals surface area contributed by atoms with E-state index in [9.17, 15) is 9.59 Å². The van der Waals surface area contributed by atoms with Crippen molar-refractivity contribution in [3.63, 3.8) is 0 Å². The predicted octanol–water partition coefficient (Wildman–Crippen LogP) is 2.72. The first-order chi connectivity index (χ1) is 14.9. The van der Waals surface area contributed by atoms with Crippen molar-refractivity contribution in [2.45, 2.75) is 26.8 Å². The molecule has 2 amide bonds. The van der Waals surface area contributed by atoms with E-state index in [4.69, 9.17) is 0 Å². The van der Waals surface area contributed by atoms with Gasteiger partial charge in [0.25, 0.3) is 5.91 Å². The van der Waals surface area contributed by atoms with E-state index in [-0.39, 0.29) is 17.9 Å². The van der Waals surface area contributed by atoms with E-state index in [1.54, 1.807) is 6.20 Å². The molecule has 0 spiro atoms. The van der Waals surface area contributed by atoms with Crippen LogP contribution >= 0.6 is 0 Å². The number of hydrogen-bond donors (Lipinski definition) is 1. The lowest BCUT2D eigenvalue weighted by Gasteiger charge is -2.34. The molecule has 1 aromatic carbocycles. The van der Waals surface area contributed by atoms with Crippen LogP contribution in [0.15, 0.2) is 42.6 Å². The number of fused-ring (bicyclic) bond motifs is 1. The minimum atomic E-state index is -0.0429. The van der Waals surface area contributed by atoms with Crippen LogP contribution in [0, 0.1) is 6.92 Å².